The fourth-order valence-electron chi connectivity index (χ4n) is 4.09. The lowest BCUT2D eigenvalue weighted by Gasteiger charge is -2.07. The van der Waals surface area contributed by atoms with Gasteiger partial charge < -0.3 is 15.2 Å². The molecule has 9 nitrogen and oxygen atoms in total. The van der Waals surface area contributed by atoms with Crippen molar-refractivity contribution < 1.29 is 32.6 Å². The zero-order chi connectivity index (χ0) is 27.6. The Morgan fingerprint density at radius 1 is 0.622 bits per heavy atom. The Hall–Kier alpha value is -1.68. The number of carbonyl (C=O) groups excluding carboxylic acids is 2. The first-order valence-corrected chi connectivity index (χ1v) is 15.9. The lowest BCUT2D eigenvalue weighted by atomic mass is 10.0. The summed E-state index contributed by atoms with van der Waals surface area (Å²) in [6.07, 6.45) is 17.9. The van der Waals surface area contributed by atoms with E-state index in [1.807, 2.05) is 0 Å². The fourth-order valence-corrected chi connectivity index (χ4v) is 5.23. The third-order valence-corrected chi connectivity index (χ3v) is 7.62. The SMILES string of the molecule is COCCNC(=O)CCCCCS(=O)(=O)NC(=O)CCCCCCCCCCCCCCCCC(=O)O. The Balaban J connectivity index is 3.50. The first-order valence-electron chi connectivity index (χ1n) is 14.3. The molecule has 218 valence electrons. The minimum absolute atomic E-state index is 0.0667. The second-order valence-corrected chi connectivity index (χ2v) is 11.7. The summed E-state index contributed by atoms with van der Waals surface area (Å²) >= 11 is 0. The average Bonchev–Trinajstić information content (AvgIpc) is 2.83. The van der Waals surface area contributed by atoms with Crippen molar-refractivity contribution in [2.75, 3.05) is 26.0 Å². The molecule has 0 aromatic heterocycles. The predicted molar refractivity (Wildman–Crippen MR) is 147 cm³/mol. The van der Waals surface area contributed by atoms with E-state index in [-0.39, 0.29) is 24.5 Å². The second kappa shape index (κ2) is 24.6. The van der Waals surface area contributed by atoms with Gasteiger partial charge in [-0.25, -0.2) is 8.42 Å². The van der Waals surface area contributed by atoms with E-state index in [2.05, 4.69) is 10.0 Å². The molecular weight excluding hydrogens is 496 g/mol. The van der Waals surface area contributed by atoms with Gasteiger partial charge in [-0.3, -0.25) is 19.1 Å². The minimum Gasteiger partial charge on any atom is -0.481 e. The number of aliphatic carboxylic acids is 1. The van der Waals surface area contributed by atoms with Gasteiger partial charge in [-0.1, -0.05) is 83.5 Å². The first kappa shape index (κ1) is 35.3. The third kappa shape index (κ3) is 27.2. The summed E-state index contributed by atoms with van der Waals surface area (Å²) in [5.41, 5.74) is 0. The van der Waals surface area contributed by atoms with Crippen molar-refractivity contribution in [2.24, 2.45) is 0 Å². The van der Waals surface area contributed by atoms with E-state index >= 15 is 0 Å². The number of hydrogen-bond acceptors (Lipinski definition) is 6. The van der Waals surface area contributed by atoms with Gasteiger partial charge in [0, 0.05) is 32.9 Å². The smallest absolute Gasteiger partial charge is 0.303 e. The molecule has 0 rings (SSSR count). The lowest BCUT2D eigenvalue weighted by molar-refractivity contribution is -0.137. The number of carboxylic acids is 1. The van der Waals surface area contributed by atoms with Gasteiger partial charge in [-0.2, -0.15) is 0 Å². The van der Waals surface area contributed by atoms with Crippen molar-refractivity contribution in [3.05, 3.63) is 0 Å². The van der Waals surface area contributed by atoms with E-state index in [1.165, 1.54) is 44.9 Å². The van der Waals surface area contributed by atoms with Crippen molar-refractivity contribution in [2.45, 2.75) is 128 Å². The van der Waals surface area contributed by atoms with Crippen LogP contribution < -0.4 is 10.0 Å². The maximum Gasteiger partial charge on any atom is 0.303 e. The van der Waals surface area contributed by atoms with Crippen LogP contribution in [0.2, 0.25) is 0 Å². The summed E-state index contributed by atoms with van der Waals surface area (Å²) < 4.78 is 31.1. The number of unbranched alkanes of at least 4 members (excludes halogenated alkanes) is 15. The molecule has 3 N–H and O–H groups in total. The van der Waals surface area contributed by atoms with Crippen LogP contribution in [0.4, 0.5) is 0 Å². The minimum atomic E-state index is -3.61. The van der Waals surface area contributed by atoms with Crippen LogP contribution in [-0.4, -0.2) is 57.3 Å². The average molecular weight is 549 g/mol. The van der Waals surface area contributed by atoms with Gasteiger partial charge >= 0.3 is 5.97 Å². The largest absolute Gasteiger partial charge is 0.481 e. The molecule has 0 aromatic rings. The normalized spacial score (nSPS) is 11.4. The summed E-state index contributed by atoms with van der Waals surface area (Å²) in [7, 11) is -2.04. The van der Waals surface area contributed by atoms with Crippen molar-refractivity contribution in [3.63, 3.8) is 0 Å². The van der Waals surface area contributed by atoms with Crippen molar-refractivity contribution >= 4 is 27.8 Å². The van der Waals surface area contributed by atoms with Crippen LogP contribution >= 0.6 is 0 Å². The van der Waals surface area contributed by atoms with Gasteiger partial charge in [-0.05, 0) is 25.7 Å². The molecule has 0 radical (unpaired) electrons. The van der Waals surface area contributed by atoms with Crippen LogP contribution in [0.5, 0.6) is 0 Å². The third-order valence-electron chi connectivity index (χ3n) is 6.26. The van der Waals surface area contributed by atoms with Crippen LogP contribution in [0.1, 0.15) is 128 Å². The van der Waals surface area contributed by atoms with Crippen LogP contribution in [-0.2, 0) is 29.1 Å². The van der Waals surface area contributed by atoms with Gasteiger partial charge in [0.25, 0.3) is 0 Å². The Morgan fingerprint density at radius 2 is 1.03 bits per heavy atom. The summed E-state index contributed by atoms with van der Waals surface area (Å²) in [5, 5.41) is 11.3. The highest BCUT2D eigenvalue weighted by molar-refractivity contribution is 7.90. The second-order valence-electron chi connectivity index (χ2n) is 9.84. The van der Waals surface area contributed by atoms with E-state index in [0.29, 0.717) is 45.3 Å². The molecule has 0 atom stereocenters. The quantitative estimate of drug-likeness (QED) is 0.122. The molecule has 0 aliphatic rings. The van der Waals surface area contributed by atoms with Gasteiger partial charge in [0.05, 0.1) is 12.4 Å². The zero-order valence-corrected chi connectivity index (χ0v) is 23.9. The molecule has 0 heterocycles. The highest BCUT2D eigenvalue weighted by Crippen LogP contribution is 2.14. The van der Waals surface area contributed by atoms with Crippen molar-refractivity contribution in [1.29, 1.82) is 0 Å². The van der Waals surface area contributed by atoms with Crippen molar-refractivity contribution in [1.82, 2.24) is 10.0 Å². The summed E-state index contributed by atoms with van der Waals surface area (Å²) in [6, 6.07) is 0. The molecule has 37 heavy (non-hydrogen) atoms. The fraction of sp³-hybridized carbons (Fsp3) is 0.889. The van der Waals surface area contributed by atoms with Crippen LogP contribution in [0.25, 0.3) is 0 Å². The van der Waals surface area contributed by atoms with Gasteiger partial charge in [0.15, 0.2) is 0 Å². The van der Waals surface area contributed by atoms with Crippen LogP contribution in [0.15, 0.2) is 0 Å². The molecule has 10 heteroatoms. The molecule has 0 aliphatic carbocycles. The molecule has 0 unspecified atom stereocenters. The molecule has 0 spiro atoms. The Labute approximate surface area is 224 Å². The number of rotatable bonds is 27. The molecule has 0 aromatic carbocycles. The molecular formula is C27H52N2O7S. The van der Waals surface area contributed by atoms with E-state index < -0.39 is 21.9 Å². The number of ether oxygens (including phenoxy) is 1. The van der Waals surface area contributed by atoms with E-state index in [1.54, 1.807) is 7.11 Å². The van der Waals surface area contributed by atoms with Gasteiger partial charge in [0.1, 0.15) is 0 Å². The first-order chi connectivity index (χ1) is 17.8. The van der Waals surface area contributed by atoms with E-state index in [0.717, 1.165) is 38.5 Å². The van der Waals surface area contributed by atoms with Gasteiger partial charge in [0.2, 0.25) is 21.8 Å². The van der Waals surface area contributed by atoms with Crippen LogP contribution in [0, 0.1) is 0 Å². The zero-order valence-electron chi connectivity index (χ0n) is 23.1. The Morgan fingerprint density at radius 3 is 1.49 bits per heavy atom. The number of carboxylic acid groups (broad SMARTS) is 1. The monoisotopic (exact) mass is 548 g/mol. The highest BCUT2D eigenvalue weighted by Gasteiger charge is 2.14. The number of nitrogens with one attached hydrogen (secondary N) is 2. The lowest BCUT2D eigenvalue weighted by Crippen LogP contribution is -2.32. The van der Waals surface area contributed by atoms with Crippen molar-refractivity contribution in [3.8, 4) is 0 Å². The standard InChI is InChI=1S/C27H52N2O7S/c1-36-23-22-28-25(30)19-16-14-18-24-37(34,35)29-26(31)20-15-12-10-8-6-4-2-3-5-7-9-11-13-17-21-27(32)33/h2-24H2,1H3,(H,28,30)(H,29,31)(H,32,33). The summed E-state index contributed by atoms with van der Waals surface area (Å²) in [5.74, 6) is -1.30. The maximum absolute atomic E-state index is 12.1. The van der Waals surface area contributed by atoms with Crippen LogP contribution in [0.3, 0.4) is 0 Å². The maximum atomic E-state index is 12.1. The molecule has 0 bridgehead atoms. The number of amides is 2. The predicted octanol–water partition coefficient (Wildman–Crippen LogP) is 5.08. The molecule has 2 amide bonds. The molecule has 0 saturated heterocycles. The summed E-state index contributed by atoms with van der Waals surface area (Å²) in [4.78, 5) is 34.0. The molecule has 0 fully saturated rings. The Kier molecular flexibility index (Phi) is 23.5. The van der Waals surface area contributed by atoms with E-state index in [9.17, 15) is 22.8 Å². The molecule has 0 saturated carbocycles. The highest BCUT2D eigenvalue weighted by atomic mass is 32.2. The number of hydrogen-bond donors (Lipinski definition) is 3. The summed E-state index contributed by atoms with van der Waals surface area (Å²) in [6.45, 7) is 0.934. The topological polar surface area (TPSA) is 139 Å². The number of carbonyl (C=O) groups is 3. The number of sulfonamides is 1. The molecule has 0 aliphatic heterocycles. The van der Waals surface area contributed by atoms with E-state index in [4.69, 9.17) is 9.84 Å². The van der Waals surface area contributed by atoms with Gasteiger partial charge in [-0.15, -0.1) is 0 Å². The Bertz CT molecular complexity index is 699. The number of methoxy groups -OCH3 is 1.